The first-order valence-electron chi connectivity index (χ1n) is 6.94. The molecule has 0 saturated heterocycles. The molecule has 1 aliphatic carbocycles. The molecule has 116 valence electrons. The highest BCUT2D eigenvalue weighted by Gasteiger charge is 2.49. The summed E-state index contributed by atoms with van der Waals surface area (Å²) in [6.07, 6.45) is 0.764. The van der Waals surface area contributed by atoms with Gasteiger partial charge in [0.2, 0.25) is 0 Å². The maximum atomic E-state index is 13.4. The summed E-state index contributed by atoms with van der Waals surface area (Å²) < 4.78 is 32.3. The Hall–Kier alpha value is -1.69. The number of nitrogens with one attached hydrogen (secondary N) is 1. The Labute approximate surface area is 122 Å². The lowest BCUT2D eigenvalue weighted by Gasteiger charge is -2.51. The van der Waals surface area contributed by atoms with Gasteiger partial charge in [-0.25, -0.2) is 8.78 Å². The van der Waals surface area contributed by atoms with Gasteiger partial charge in [0.1, 0.15) is 17.3 Å². The van der Waals surface area contributed by atoms with E-state index in [2.05, 4.69) is 5.32 Å². The van der Waals surface area contributed by atoms with Crippen LogP contribution in [0.4, 0.5) is 14.5 Å². The molecule has 21 heavy (non-hydrogen) atoms. The molecule has 2 atom stereocenters. The molecule has 3 N–H and O–H groups in total. The van der Waals surface area contributed by atoms with E-state index in [4.69, 9.17) is 10.5 Å². The van der Waals surface area contributed by atoms with Crippen LogP contribution in [0.2, 0.25) is 0 Å². The van der Waals surface area contributed by atoms with Gasteiger partial charge in [0, 0.05) is 23.6 Å². The molecule has 1 aliphatic rings. The summed E-state index contributed by atoms with van der Waals surface area (Å²) in [5.41, 5.74) is 4.32. The molecule has 2 rings (SSSR count). The number of anilines is 1. The van der Waals surface area contributed by atoms with Crippen LogP contribution in [0.5, 0.6) is 0 Å². The zero-order valence-electron chi connectivity index (χ0n) is 12.4. The summed E-state index contributed by atoms with van der Waals surface area (Å²) >= 11 is 0. The lowest BCUT2D eigenvalue weighted by Crippen LogP contribution is -2.62. The summed E-state index contributed by atoms with van der Waals surface area (Å²) in [5, 5.41) is 2.79. The normalized spacial score (nSPS) is 23.5. The molecule has 0 aliphatic heterocycles. The summed E-state index contributed by atoms with van der Waals surface area (Å²) in [6.45, 7) is 6.52. The SMILES string of the molecule is CCOC1CC(NC(=O)c2cc(F)c(N)c(F)c2)C1(C)C. The van der Waals surface area contributed by atoms with Crippen LogP contribution >= 0.6 is 0 Å². The number of halogens is 2. The molecule has 0 radical (unpaired) electrons. The molecule has 0 aromatic heterocycles. The molecule has 1 aromatic carbocycles. The second kappa shape index (κ2) is 5.60. The number of nitrogens with two attached hydrogens (primary N) is 1. The van der Waals surface area contributed by atoms with E-state index in [1.165, 1.54) is 0 Å². The second-order valence-electron chi connectivity index (χ2n) is 5.88. The van der Waals surface area contributed by atoms with Crippen molar-refractivity contribution in [1.82, 2.24) is 5.32 Å². The van der Waals surface area contributed by atoms with Gasteiger partial charge >= 0.3 is 0 Å². The summed E-state index contributed by atoms with van der Waals surface area (Å²) in [6, 6.07) is 1.80. The first-order chi connectivity index (χ1) is 9.77. The topological polar surface area (TPSA) is 64.3 Å². The van der Waals surface area contributed by atoms with E-state index in [1.54, 1.807) is 0 Å². The van der Waals surface area contributed by atoms with Gasteiger partial charge in [-0.3, -0.25) is 4.79 Å². The van der Waals surface area contributed by atoms with Crippen molar-refractivity contribution < 1.29 is 18.3 Å². The third kappa shape index (κ3) is 2.85. The van der Waals surface area contributed by atoms with Gasteiger partial charge in [0.15, 0.2) is 0 Å². The van der Waals surface area contributed by atoms with Gasteiger partial charge in [-0.15, -0.1) is 0 Å². The van der Waals surface area contributed by atoms with Gasteiger partial charge in [0.25, 0.3) is 5.91 Å². The number of ether oxygens (including phenoxy) is 1. The minimum Gasteiger partial charge on any atom is -0.394 e. The molecule has 1 fully saturated rings. The molecule has 4 nitrogen and oxygen atoms in total. The number of benzene rings is 1. The van der Waals surface area contributed by atoms with Crippen LogP contribution in [0.3, 0.4) is 0 Å². The molecule has 2 unspecified atom stereocenters. The number of hydrogen-bond donors (Lipinski definition) is 2. The Morgan fingerprint density at radius 3 is 2.48 bits per heavy atom. The first kappa shape index (κ1) is 15.7. The lowest BCUT2D eigenvalue weighted by molar-refractivity contribution is -0.111. The van der Waals surface area contributed by atoms with Crippen LogP contribution < -0.4 is 11.1 Å². The Morgan fingerprint density at radius 1 is 1.43 bits per heavy atom. The van der Waals surface area contributed by atoms with Gasteiger partial charge in [-0.05, 0) is 25.5 Å². The predicted molar refractivity (Wildman–Crippen MR) is 75.8 cm³/mol. The fourth-order valence-electron chi connectivity index (χ4n) is 2.57. The molecular weight excluding hydrogens is 278 g/mol. The van der Waals surface area contributed by atoms with Gasteiger partial charge < -0.3 is 15.8 Å². The number of rotatable bonds is 4. The van der Waals surface area contributed by atoms with Crippen molar-refractivity contribution in [1.29, 1.82) is 0 Å². The van der Waals surface area contributed by atoms with Crippen LogP contribution in [0.1, 0.15) is 37.6 Å². The Bertz CT molecular complexity index is 538. The number of amides is 1. The molecule has 0 heterocycles. The number of hydrogen-bond acceptors (Lipinski definition) is 3. The lowest BCUT2D eigenvalue weighted by atomic mass is 9.64. The van der Waals surface area contributed by atoms with Crippen LogP contribution in [-0.4, -0.2) is 24.7 Å². The van der Waals surface area contributed by atoms with Crippen molar-refractivity contribution in [2.75, 3.05) is 12.3 Å². The van der Waals surface area contributed by atoms with Crippen LogP contribution in [0.15, 0.2) is 12.1 Å². The van der Waals surface area contributed by atoms with E-state index in [1.807, 2.05) is 20.8 Å². The third-order valence-corrected chi connectivity index (χ3v) is 4.19. The van der Waals surface area contributed by atoms with E-state index >= 15 is 0 Å². The zero-order chi connectivity index (χ0) is 15.8. The van der Waals surface area contributed by atoms with Crippen molar-refractivity contribution in [2.24, 2.45) is 5.41 Å². The molecule has 6 heteroatoms. The minimum atomic E-state index is -0.930. The van der Waals surface area contributed by atoms with Crippen LogP contribution in [0, 0.1) is 17.0 Å². The van der Waals surface area contributed by atoms with Crippen molar-refractivity contribution >= 4 is 11.6 Å². The second-order valence-corrected chi connectivity index (χ2v) is 5.88. The minimum absolute atomic E-state index is 0.0742. The molecular formula is C15H20F2N2O2. The highest BCUT2D eigenvalue weighted by molar-refractivity contribution is 5.95. The van der Waals surface area contributed by atoms with Crippen molar-refractivity contribution in [2.45, 2.75) is 39.3 Å². The predicted octanol–water partition coefficient (Wildman–Crippen LogP) is 2.48. The van der Waals surface area contributed by atoms with Crippen LogP contribution in [-0.2, 0) is 4.74 Å². The van der Waals surface area contributed by atoms with Crippen molar-refractivity contribution in [3.05, 3.63) is 29.3 Å². The Morgan fingerprint density at radius 2 is 2.00 bits per heavy atom. The third-order valence-electron chi connectivity index (χ3n) is 4.19. The summed E-state index contributed by atoms with van der Waals surface area (Å²) in [4.78, 5) is 12.1. The molecule has 0 spiro atoms. The highest BCUT2D eigenvalue weighted by Crippen LogP contribution is 2.42. The number of nitrogen functional groups attached to an aromatic ring is 1. The van der Waals surface area contributed by atoms with Gasteiger partial charge in [-0.2, -0.15) is 0 Å². The molecule has 1 saturated carbocycles. The molecule has 1 aromatic rings. The summed E-state index contributed by atoms with van der Waals surface area (Å²) in [7, 11) is 0. The number of carbonyl (C=O) groups excluding carboxylic acids is 1. The van der Waals surface area contributed by atoms with E-state index in [9.17, 15) is 13.6 Å². The van der Waals surface area contributed by atoms with E-state index < -0.39 is 23.2 Å². The average molecular weight is 298 g/mol. The Kier molecular flexibility index (Phi) is 4.18. The smallest absolute Gasteiger partial charge is 0.251 e. The van der Waals surface area contributed by atoms with Crippen LogP contribution in [0.25, 0.3) is 0 Å². The maximum absolute atomic E-state index is 13.4. The largest absolute Gasteiger partial charge is 0.394 e. The zero-order valence-corrected chi connectivity index (χ0v) is 12.4. The van der Waals surface area contributed by atoms with Gasteiger partial charge in [-0.1, -0.05) is 13.8 Å². The summed E-state index contributed by atoms with van der Waals surface area (Å²) in [5.74, 6) is -2.37. The first-order valence-corrected chi connectivity index (χ1v) is 6.94. The van der Waals surface area contributed by atoms with Crippen molar-refractivity contribution in [3.8, 4) is 0 Å². The average Bonchev–Trinajstić information content (AvgIpc) is 2.42. The van der Waals surface area contributed by atoms with E-state index in [0.717, 1.165) is 12.1 Å². The monoisotopic (exact) mass is 298 g/mol. The van der Waals surface area contributed by atoms with Gasteiger partial charge in [0.05, 0.1) is 6.10 Å². The quantitative estimate of drug-likeness (QED) is 0.839. The fraction of sp³-hybridized carbons (Fsp3) is 0.533. The maximum Gasteiger partial charge on any atom is 0.251 e. The fourth-order valence-corrected chi connectivity index (χ4v) is 2.57. The molecule has 1 amide bonds. The number of carbonyl (C=O) groups is 1. The Balaban J connectivity index is 2.07. The standard InChI is InChI=1S/C15H20F2N2O2/c1-4-21-12-7-11(15(12,2)3)19-14(20)8-5-9(16)13(18)10(17)6-8/h5-6,11-12H,4,7,18H2,1-3H3,(H,19,20). The highest BCUT2D eigenvalue weighted by atomic mass is 19.1. The van der Waals surface area contributed by atoms with E-state index in [0.29, 0.717) is 13.0 Å². The molecule has 0 bridgehead atoms. The van der Waals surface area contributed by atoms with Crippen molar-refractivity contribution in [3.63, 3.8) is 0 Å². The van der Waals surface area contributed by atoms with E-state index in [-0.39, 0.29) is 23.1 Å².